The predicted molar refractivity (Wildman–Crippen MR) is 78.2 cm³/mol. The van der Waals surface area contributed by atoms with Gasteiger partial charge in [0.25, 0.3) is 0 Å². The van der Waals surface area contributed by atoms with Gasteiger partial charge in [-0.1, -0.05) is 29.8 Å². The van der Waals surface area contributed by atoms with Crippen molar-refractivity contribution >= 4 is 17.3 Å². The first kappa shape index (κ1) is 13.5. The topological polar surface area (TPSA) is 69.6 Å². The standard InChI is InChI=1S/C14H11ClFN5/c15-10-5-6-13(17)11(7-10)14-18-19-20-21(14)8-9-3-1-2-4-12(9)16/h1-7H,8,17H2. The number of hydrogen-bond donors (Lipinski definition) is 1. The Balaban J connectivity index is 2.02. The minimum absolute atomic E-state index is 0.209. The van der Waals surface area contributed by atoms with Gasteiger partial charge in [-0.05, 0) is 34.7 Å². The van der Waals surface area contributed by atoms with Crippen molar-refractivity contribution < 1.29 is 4.39 Å². The summed E-state index contributed by atoms with van der Waals surface area (Å²) in [5, 5.41) is 12.0. The van der Waals surface area contributed by atoms with Gasteiger partial charge in [-0.2, -0.15) is 0 Å². The van der Waals surface area contributed by atoms with Gasteiger partial charge < -0.3 is 5.73 Å². The Kier molecular flexibility index (Phi) is 3.53. The number of nitrogens with zero attached hydrogens (tertiary/aromatic N) is 4. The Hall–Kier alpha value is -2.47. The Morgan fingerprint density at radius 3 is 2.81 bits per heavy atom. The maximum atomic E-state index is 13.7. The highest BCUT2D eigenvalue weighted by Crippen LogP contribution is 2.27. The van der Waals surface area contributed by atoms with Gasteiger partial charge in [0, 0.05) is 21.8 Å². The first-order chi connectivity index (χ1) is 10.1. The molecule has 3 aromatic rings. The second kappa shape index (κ2) is 5.49. The van der Waals surface area contributed by atoms with Gasteiger partial charge in [0.15, 0.2) is 5.82 Å². The van der Waals surface area contributed by atoms with Crippen molar-refractivity contribution in [2.24, 2.45) is 0 Å². The molecule has 1 heterocycles. The molecule has 2 N–H and O–H groups in total. The maximum Gasteiger partial charge on any atom is 0.184 e. The number of nitrogens with two attached hydrogens (primary N) is 1. The van der Waals surface area contributed by atoms with Gasteiger partial charge in [0.1, 0.15) is 5.82 Å². The number of nitrogen functional groups attached to an aromatic ring is 1. The molecule has 0 fully saturated rings. The fourth-order valence-electron chi connectivity index (χ4n) is 2.01. The number of tetrazole rings is 1. The van der Waals surface area contributed by atoms with Crippen molar-refractivity contribution in [3.63, 3.8) is 0 Å². The van der Waals surface area contributed by atoms with Crippen molar-refractivity contribution in [3.8, 4) is 11.4 Å². The zero-order chi connectivity index (χ0) is 14.8. The summed E-state index contributed by atoms with van der Waals surface area (Å²) in [6.07, 6.45) is 0. The SMILES string of the molecule is Nc1ccc(Cl)cc1-c1nnnn1Cc1ccccc1F. The molecule has 106 valence electrons. The van der Waals surface area contributed by atoms with E-state index in [4.69, 9.17) is 17.3 Å². The second-order valence-corrected chi connectivity index (χ2v) is 4.92. The van der Waals surface area contributed by atoms with Crippen LogP contribution in [0.15, 0.2) is 42.5 Å². The van der Waals surface area contributed by atoms with Crippen molar-refractivity contribution in [2.75, 3.05) is 5.73 Å². The number of aromatic nitrogens is 4. The first-order valence-corrected chi connectivity index (χ1v) is 6.58. The van der Waals surface area contributed by atoms with Crippen LogP contribution in [0.25, 0.3) is 11.4 Å². The molecule has 0 aliphatic rings. The van der Waals surface area contributed by atoms with Crippen LogP contribution in [0.5, 0.6) is 0 Å². The lowest BCUT2D eigenvalue weighted by Gasteiger charge is -2.08. The average Bonchev–Trinajstić information content (AvgIpc) is 2.92. The van der Waals surface area contributed by atoms with E-state index in [0.717, 1.165) is 0 Å². The van der Waals surface area contributed by atoms with E-state index in [1.54, 1.807) is 36.4 Å². The zero-order valence-electron chi connectivity index (χ0n) is 10.9. The molecule has 0 unspecified atom stereocenters. The molecule has 2 aromatic carbocycles. The second-order valence-electron chi connectivity index (χ2n) is 4.48. The van der Waals surface area contributed by atoms with Crippen LogP contribution < -0.4 is 5.73 Å². The molecular formula is C14H11ClFN5. The fourth-order valence-corrected chi connectivity index (χ4v) is 2.19. The highest BCUT2D eigenvalue weighted by atomic mass is 35.5. The predicted octanol–water partition coefficient (Wildman–Crippen LogP) is 2.76. The van der Waals surface area contributed by atoms with Gasteiger partial charge in [0.2, 0.25) is 0 Å². The van der Waals surface area contributed by atoms with Gasteiger partial charge in [-0.25, -0.2) is 9.07 Å². The summed E-state index contributed by atoms with van der Waals surface area (Å²) >= 11 is 5.98. The highest BCUT2D eigenvalue weighted by Gasteiger charge is 2.14. The molecule has 0 atom stereocenters. The third-order valence-electron chi connectivity index (χ3n) is 3.07. The molecule has 0 aliphatic carbocycles. The van der Waals surface area contributed by atoms with Gasteiger partial charge >= 0.3 is 0 Å². The monoisotopic (exact) mass is 303 g/mol. The van der Waals surface area contributed by atoms with Crippen molar-refractivity contribution in [1.82, 2.24) is 20.2 Å². The third-order valence-corrected chi connectivity index (χ3v) is 3.30. The minimum atomic E-state index is -0.307. The van der Waals surface area contributed by atoms with Crippen LogP contribution in [0.1, 0.15) is 5.56 Å². The molecule has 0 spiro atoms. The normalized spacial score (nSPS) is 10.8. The minimum Gasteiger partial charge on any atom is -0.398 e. The Morgan fingerprint density at radius 2 is 2.00 bits per heavy atom. The van der Waals surface area contributed by atoms with Gasteiger partial charge in [0.05, 0.1) is 6.54 Å². The summed E-state index contributed by atoms with van der Waals surface area (Å²) in [6, 6.07) is 11.5. The lowest BCUT2D eigenvalue weighted by molar-refractivity contribution is 0.579. The van der Waals surface area contributed by atoms with E-state index >= 15 is 0 Å². The molecule has 0 bridgehead atoms. The molecule has 0 aliphatic heterocycles. The summed E-state index contributed by atoms with van der Waals surface area (Å²) in [7, 11) is 0. The van der Waals surface area contributed by atoms with E-state index in [9.17, 15) is 4.39 Å². The summed E-state index contributed by atoms with van der Waals surface area (Å²) in [4.78, 5) is 0. The Morgan fingerprint density at radius 1 is 1.19 bits per heavy atom. The summed E-state index contributed by atoms with van der Waals surface area (Å²) in [6.45, 7) is 0.209. The van der Waals surface area contributed by atoms with Gasteiger partial charge in [-0.15, -0.1) is 5.10 Å². The Labute approximate surface area is 125 Å². The molecule has 0 amide bonds. The van der Waals surface area contributed by atoms with Crippen LogP contribution >= 0.6 is 11.6 Å². The van der Waals surface area contributed by atoms with Crippen LogP contribution in [0.2, 0.25) is 5.02 Å². The van der Waals surface area contributed by atoms with E-state index in [-0.39, 0.29) is 12.4 Å². The Bertz CT molecular complexity index is 787. The lowest BCUT2D eigenvalue weighted by atomic mass is 10.1. The fraction of sp³-hybridized carbons (Fsp3) is 0.0714. The third kappa shape index (κ3) is 2.71. The van der Waals surface area contributed by atoms with Crippen molar-refractivity contribution in [2.45, 2.75) is 6.54 Å². The molecular weight excluding hydrogens is 293 g/mol. The van der Waals surface area contributed by atoms with Crippen molar-refractivity contribution in [1.29, 1.82) is 0 Å². The molecule has 5 nitrogen and oxygen atoms in total. The average molecular weight is 304 g/mol. The van der Waals surface area contributed by atoms with Crippen LogP contribution in [-0.2, 0) is 6.54 Å². The summed E-state index contributed by atoms with van der Waals surface area (Å²) in [5.74, 6) is 0.135. The van der Waals surface area contributed by atoms with E-state index in [1.165, 1.54) is 10.7 Å². The molecule has 1 aromatic heterocycles. The van der Waals surface area contributed by atoms with Crippen LogP contribution in [-0.4, -0.2) is 20.2 Å². The van der Waals surface area contributed by atoms with Crippen LogP contribution in [0, 0.1) is 5.82 Å². The first-order valence-electron chi connectivity index (χ1n) is 6.20. The summed E-state index contributed by atoms with van der Waals surface area (Å²) in [5.41, 5.74) is 7.54. The van der Waals surface area contributed by atoms with E-state index in [0.29, 0.717) is 27.7 Å². The zero-order valence-corrected chi connectivity index (χ0v) is 11.6. The van der Waals surface area contributed by atoms with E-state index < -0.39 is 0 Å². The largest absolute Gasteiger partial charge is 0.398 e. The number of rotatable bonds is 3. The molecule has 3 rings (SSSR count). The number of halogens is 2. The number of benzene rings is 2. The van der Waals surface area contributed by atoms with E-state index in [1.807, 2.05) is 0 Å². The smallest absolute Gasteiger partial charge is 0.184 e. The molecule has 0 saturated heterocycles. The molecule has 0 radical (unpaired) electrons. The maximum absolute atomic E-state index is 13.7. The molecule has 21 heavy (non-hydrogen) atoms. The molecule has 7 heteroatoms. The summed E-state index contributed by atoms with van der Waals surface area (Å²) < 4.78 is 15.2. The van der Waals surface area contributed by atoms with Crippen molar-refractivity contribution in [3.05, 3.63) is 58.9 Å². The number of anilines is 1. The van der Waals surface area contributed by atoms with E-state index in [2.05, 4.69) is 15.5 Å². The molecule has 0 saturated carbocycles. The number of hydrogen-bond acceptors (Lipinski definition) is 4. The van der Waals surface area contributed by atoms with Crippen LogP contribution in [0.4, 0.5) is 10.1 Å². The van der Waals surface area contributed by atoms with Crippen LogP contribution in [0.3, 0.4) is 0 Å². The van der Waals surface area contributed by atoms with Gasteiger partial charge in [-0.3, -0.25) is 0 Å². The highest BCUT2D eigenvalue weighted by molar-refractivity contribution is 6.31. The quantitative estimate of drug-likeness (QED) is 0.755. The lowest BCUT2D eigenvalue weighted by Crippen LogP contribution is -2.07.